The van der Waals surface area contributed by atoms with Gasteiger partial charge in [-0.2, -0.15) is 0 Å². The third-order valence-electron chi connectivity index (χ3n) is 3.89. The first-order valence-electron chi connectivity index (χ1n) is 7.91. The maximum Gasteiger partial charge on any atom is 0.437 e. The minimum atomic E-state index is -1.15. The van der Waals surface area contributed by atoms with E-state index in [4.69, 9.17) is 9.47 Å². The molecule has 2 unspecified atom stereocenters. The number of aliphatic hydroxyl groups is 2. The first-order chi connectivity index (χ1) is 12.7. The summed E-state index contributed by atoms with van der Waals surface area (Å²) in [5.74, 6) is -0.633. The molecule has 0 radical (unpaired) electrons. The predicted octanol–water partition coefficient (Wildman–Crippen LogP) is -2.18. The Morgan fingerprint density at radius 2 is 1.63 bits per heavy atom. The molecular formula is C14H21N5O8. The van der Waals surface area contributed by atoms with Crippen LogP contribution >= 0.6 is 0 Å². The molecule has 0 aromatic carbocycles. The van der Waals surface area contributed by atoms with E-state index < -0.39 is 34.3 Å². The van der Waals surface area contributed by atoms with Crippen molar-refractivity contribution in [1.29, 1.82) is 0 Å². The lowest BCUT2D eigenvalue weighted by Crippen LogP contribution is -2.45. The average molecular weight is 387 g/mol. The van der Waals surface area contributed by atoms with Crippen LogP contribution in [0.2, 0.25) is 0 Å². The number of nitro groups is 1. The van der Waals surface area contributed by atoms with Gasteiger partial charge in [0, 0.05) is 14.2 Å². The second-order valence-corrected chi connectivity index (χ2v) is 5.93. The lowest BCUT2D eigenvalue weighted by atomic mass is 10.3. The molecule has 0 fully saturated rings. The fourth-order valence-corrected chi connectivity index (χ4v) is 2.75. The minimum absolute atomic E-state index is 0.103. The first kappa shape index (κ1) is 20.7. The largest absolute Gasteiger partial charge is 0.437 e. The van der Waals surface area contributed by atoms with Crippen molar-refractivity contribution in [3.63, 3.8) is 0 Å². The van der Waals surface area contributed by atoms with Gasteiger partial charge in [0.15, 0.2) is 0 Å². The summed E-state index contributed by atoms with van der Waals surface area (Å²) in [6.07, 6.45) is -2.27. The summed E-state index contributed by atoms with van der Waals surface area (Å²) in [6.45, 7) is -0.922. The summed E-state index contributed by atoms with van der Waals surface area (Å²) in [6, 6.07) is 0. The van der Waals surface area contributed by atoms with Crippen LogP contribution in [-0.2, 0) is 29.6 Å². The zero-order valence-corrected chi connectivity index (χ0v) is 15.1. The zero-order chi connectivity index (χ0) is 20.3. The number of rotatable bonds is 9. The number of hydrogen-bond donors (Lipinski definition) is 2. The third-order valence-corrected chi connectivity index (χ3v) is 3.89. The third kappa shape index (κ3) is 4.05. The fraction of sp³-hybridized carbons (Fsp3) is 0.643. The van der Waals surface area contributed by atoms with E-state index in [0.29, 0.717) is 0 Å². The SMILES string of the molecule is COCC(O)Cn1c(=O)c2c(nc([N+](=O)[O-])n2C)n(CC(O)COC)c1=O. The van der Waals surface area contributed by atoms with Crippen LogP contribution < -0.4 is 11.2 Å². The van der Waals surface area contributed by atoms with Gasteiger partial charge in [0.1, 0.15) is 0 Å². The molecule has 27 heavy (non-hydrogen) atoms. The minimum Gasteiger partial charge on any atom is -0.390 e. The van der Waals surface area contributed by atoms with Crippen molar-refractivity contribution in [2.45, 2.75) is 25.3 Å². The molecule has 2 rings (SSSR count). The highest BCUT2D eigenvalue weighted by Crippen LogP contribution is 2.16. The molecule has 0 saturated heterocycles. The van der Waals surface area contributed by atoms with Crippen molar-refractivity contribution < 1.29 is 24.6 Å². The number of aromatic nitrogens is 4. The second-order valence-electron chi connectivity index (χ2n) is 5.93. The number of imidazole rings is 1. The van der Waals surface area contributed by atoms with Gasteiger partial charge in [0.25, 0.3) is 11.2 Å². The summed E-state index contributed by atoms with van der Waals surface area (Å²) in [4.78, 5) is 39.7. The number of methoxy groups -OCH3 is 2. The number of fused-ring (bicyclic) bond motifs is 1. The van der Waals surface area contributed by atoms with Crippen LogP contribution in [0.25, 0.3) is 11.2 Å². The molecule has 0 amide bonds. The Balaban J connectivity index is 2.76. The Kier molecular flexibility index (Phi) is 6.43. The highest BCUT2D eigenvalue weighted by molar-refractivity contribution is 5.72. The van der Waals surface area contributed by atoms with Gasteiger partial charge in [-0.1, -0.05) is 0 Å². The van der Waals surface area contributed by atoms with Crippen molar-refractivity contribution >= 4 is 17.1 Å². The van der Waals surface area contributed by atoms with E-state index in [2.05, 4.69) is 4.98 Å². The van der Waals surface area contributed by atoms with Crippen molar-refractivity contribution in [3.05, 3.63) is 31.0 Å². The Bertz CT molecular complexity index is 946. The molecule has 2 N–H and O–H groups in total. The molecule has 150 valence electrons. The van der Waals surface area contributed by atoms with Crippen LogP contribution in [-0.4, -0.2) is 73.5 Å². The molecule has 13 nitrogen and oxygen atoms in total. The summed E-state index contributed by atoms with van der Waals surface area (Å²) < 4.78 is 12.3. The molecule has 0 aliphatic heterocycles. The number of nitrogens with zero attached hydrogens (tertiary/aromatic N) is 5. The molecular weight excluding hydrogens is 366 g/mol. The Hall–Kier alpha value is -2.61. The highest BCUT2D eigenvalue weighted by Gasteiger charge is 2.29. The van der Waals surface area contributed by atoms with Gasteiger partial charge in [-0.05, 0) is 9.91 Å². The number of ether oxygens (including phenoxy) is 2. The van der Waals surface area contributed by atoms with Gasteiger partial charge >= 0.3 is 11.6 Å². The van der Waals surface area contributed by atoms with Crippen LogP contribution in [0.1, 0.15) is 0 Å². The smallest absolute Gasteiger partial charge is 0.390 e. The molecule has 2 aromatic heterocycles. The Morgan fingerprint density at radius 1 is 1.11 bits per heavy atom. The van der Waals surface area contributed by atoms with Gasteiger partial charge in [-0.3, -0.25) is 13.9 Å². The summed E-state index contributed by atoms with van der Waals surface area (Å²) in [5.41, 5.74) is -2.14. The van der Waals surface area contributed by atoms with Gasteiger partial charge in [0.05, 0.1) is 45.6 Å². The lowest BCUT2D eigenvalue weighted by molar-refractivity contribution is -0.396. The van der Waals surface area contributed by atoms with Crippen LogP contribution in [0.15, 0.2) is 9.59 Å². The molecule has 2 atom stereocenters. The molecule has 0 aliphatic rings. The van der Waals surface area contributed by atoms with E-state index in [1.54, 1.807) is 0 Å². The average Bonchev–Trinajstić information content (AvgIpc) is 2.93. The van der Waals surface area contributed by atoms with E-state index in [0.717, 1.165) is 13.7 Å². The molecule has 0 spiro atoms. The summed E-state index contributed by atoms with van der Waals surface area (Å²) in [5, 5.41) is 31.1. The topological polar surface area (TPSA) is 164 Å². The van der Waals surface area contributed by atoms with E-state index in [9.17, 15) is 29.9 Å². The van der Waals surface area contributed by atoms with Crippen molar-refractivity contribution in [1.82, 2.24) is 18.7 Å². The monoisotopic (exact) mass is 387 g/mol. The van der Waals surface area contributed by atoms with Crippen molar-refractivity contribution in [3.8, 4) is 0 Å². The van der Waals surface area contributed by atoms with E-state index in [1.165, 1.54) is 21.3 Å². The quantitative estimate of drug-likeness (QED) is 0.359. The first-order valence-corrected chi connectivity index (χ1v) is 7.91. The Labute approximate surface area is 152 Å². The molecule has 13 heteroatoms. The second kappa shape index (κ2) is 8.39. The van der Waals surface area contributed by atoms with Gasteiger partial charge in [-0.25, -0.2) is 9.36 Å². The standard InChI is InChI=1S/C14H21N5O8/c1-16-10-11(15-13(16)19(24)25)17(4-8(20)6-26-2)14(23)18(12(10)22)5-9(21)7-27-3/h8-9,20-21H,4-7H2,1-3H3. The molecule has 0 aliphatic carbocycles. The fourth-order valence-electron chi connectivity index (χ4n) is 2.75. The maximum atomic E-state index is 12.8. The van der Waals surface area contributed by atoms with Crippen LogP contribution in [0, 0.1) is 10.1 Å². The lowest BCUT2D eigenvalue weighted by Gasteiger charge is -2.15. The normalized spacial score (nSPS) is 13.8. The number of aryl methyl sites for hydroxylation is 1. The van der Waals surface area contributed by atoms with Gasteiger partial charge in [0.2, 0.25) is 5.52 Å². The van der Waals surface area contributed by atoms with Crippen molar-refractivity contribution in [2.24, 2.45) is 7.05 Å². The predicted molar refractivity (Wildman–Crippen MR) is 91.7 cm³/mol. The van der Waals surface area contributed by atoms with Gasteiger partial charge < -0.3 is 29.8 Å². The van der Waals surface area contributed by atoms with Crippen molar-refractivity contribution in [2.75, 3.05) is 27.4 Å². The zero-order valence-electron chi connectivity index (χ0n) is 15.1. The van der Waals surface area contributed by atoms with Gasteiger partial charge in [-0.15, -0.1) is 0 Å². The molecule has 0 bridgehead atoms. The van der Waals surface area contributed by atoms with E-state index >= 15 is 0 Å². The number of hydrogen-bond acceptors (Lipinski definition) is 9. The maximum absolute atomic E-state index is 12.8. The molecule has 2 heterocycles. The van der Waals surface area contributed by atoms with Crippen LogP contribution in [0.3, 0.4) is 0 Å². The molecule has 0 saturated carbocycles. The van der Waals surface area contributed by atoms with E-state index in [1.807, 2.05) is 0 Å². The van der Waals surface area contributed by atoms with Crippen LogP contribution in [0.5, 0.6) is 0 Å². The molecule has 2 aromatic rings. The van der Waals surface area contributed by atoms with Crippen LogP contribution in [0.4, 0.5) is 5.95 Å². The summed E-state index contributed by atoms with van der Waals surface area (Å²) in [7, 11) is 3.97. The highest BCUT2D eigenvalue weighted by atomic mass is 16.6. The van der Waals surface area contributed by atoms with E-state index in [-0.39, 0.29) is 37.5 Å². The Morgan fingerprint density at radius 3 is 2.11 bits per heavy atom. The summed E-state index contributed by atoms with van der Waals surface area (Å²) >= 11 is 0. The number of aliphatic hydroxyl groups excluding tert-OH is 2.